The molecular weight excluding hydrogens is 349 g/mol. The van der Waals surface area contributed by atoms with Crippen LogP contribution >= 0.6 is 11.6 Å². The van der Waals surface area contributed by atoms with Gasteiger partial charge in [-0.3, -0.25) is 4.79 Å². The second kappa shape index (κ2) is 7.71. The number of nitrogens with one attached hydrogen (secondary N) is 1. The van der Waals surface area contributed by atoms with Crippen molar-refractivity contribution in [1.29, 1.82) is 0 Å². The summed E-state index contributed by atoms with van der Waals surface area (Å²) < 4.78 is 18.7. The van der Waals surface area contributed by atoms with Gasteiger partial charge in [-0.1, -0.05) is 11.6 Å². The van der Waals surface area contributed by atoms with Gasteiger partial charge in [-0.05, 0) is 18.8 Å². The van der Waals surface area contributed by atoms with Crippen LogP contribution in [0.1, 0.15) is 23.3 Å². The Balaban J connectivity index is 1.88. The molecule has 1 aliphatic heterocycles. The van der Waals surface area contributed by atoms with Crippen molar-refractivity contribution < 1.29 is 13.9 Å². The second-order valence-electron chi connectivity index (χ2n) is 5.74. The summed E-state index contributed by atoms with van der Waals surface area (Å²) in [4.78, 5) is 23.5. The zero-order valence-corrected chi connectivity index (χ0v) is 14.1. The molecule has 3 heterocycles. The monoisotopic (exact) mass is 365 g/mol. The molecule has 0 unspecified atom stereocenters. The molecule has 1 amide bonds. The summed E-state index contributed by atoms with van der Waals surface area (Å²) in [6.45, 7) is 2.04. The minimum atomic E-state index is -0.694. The zero-order chi connectivity index (χ0) is 17.8. The third-order valence-corrected chi connectivity index (χ3v) is 4.30. The molecule has 0 spiro atoms. The average molecular weight is 366 g/mol. The number of amides is 1. The Kier molecular flexibility index (Phi) is 5.40. The van der Waals surface area contributed by atoms with E-state index in [1.165, 1.54) is 18.5 Å². The summed E-state index contributed by atoms with van der Waals surface area (Å²) in [5.41, 5.74) is 6.06. The average Bonchev–Trinajstić information content (AvgIpc) is 2.62. The van der Waals surface area contributed by atoms with Crippen molar-refractivity contribution in [3.8, 4) is 11.3 Å². The van der Waals surface area contributed by atoms with Crippen LogP contribution in [0.25, 0.3) is 11.3 Å². The van der Waals surface area contributed by atoms with E-state index >= 15 is 0 Å². The minimum absolute atomic E-state index is 0.0291. The Hall–Kier alpha value is -2.32. The Labute approximate surface area is 148 Å². The Morgan fingerprint density at radius 3 is 2.84 bits per heavy atom. The predicted molar refractivity (Wildman–Crippen MR) is 90.8 cm³/mol. The molecule has 2 aromatic rings. The van der Waals surface area contributed by atoms with E-state index in [4.69, 9.17) is 22.1 Å². The smallest absolute Gasteiger partial charge is 0.271 e. The third kappa shape index (κ3) is 4.21. The number of hydrogen-bond acceptors (Lipinski definition) is 6. The summed E-state index contributed by atoms with van der Waals surface area (Å²) in [7, 11) is 0. The van der Waals surface area contributed by atoms with Gasteiger partial charge in [0.2, 0.25) is 5.95 Å². The third-order valence-electron chi connectivity index (χ3n) is 4.00. The number of anilines is 1. The van der Waals surface area contributed by atoms with Crippen LogP contribution in [0.4, 0.5) is 10.2 Å². The maximum absolute atomic E-state index is 13.4. The largest absolute Gasteiger partial charge is 0.381 e. The Bertz CT molecular complexity index is 783. The van der Waals surface area contributed by atoms with Gasteiger partial charge in [0.05, 0.1) is 16.9 Å². The van der Waals surface area contributed by atoms with Gasteiger partial charge < -0.3 is 15.8 Å². The fourth-order valence-electron chi connectivity index (χ4n) is 2.62. The SMILES string of the molecule is NC(=O)c1ncc(-c2cc(F)ncc2Cl)nc1NCC1CCOCC1. The van der Waals surface area contributed by atoms with Gasteiger partial charge in [-0.25, -0.2) is 15.0 Å². The molecule has 0 aromatic carbocycles. The second-order valence-corrected chi connectivity index (χ2v) is 6.15. The highest BCUT2D eigenvalue weighted by Gasteiger charge is 2.18. The summed E-state index contributed by atoms with van der Waals surface area (Å²) in [5, 5.41) is 3.36. The van der Waals surface area contributed by atoms with Crippen molar-refractivity contribution in [2.75, 3.05) is 25.1 Å². The number of nitrogens with two attached hydrogens (primary N) is 1. The van der Waals surface area contributed by atoms with Crippen LogP contribution < -0.4 is 11.1 Å². The summed E-state index contributed by atoms with van der Waals surface area (Å²) in [6.07, 6.45) is 4.38. The topological polar surface area (TPSA) is 103 Å². The first-order valence-corrected chi connectivity index (χ1v) is 8.22. The van der Waals surface area contributed by atoms with E-state index in [9.17, 15) is 9.18 Å². The normalized spacial score (nSPS) is 15.1. The van der Waals surface area contributed by atoms with Crippen molar-refractivity contribution in [2.24, 2.45) is 11.7 Å². The number of pyridine rings is 1. The van der Waals surface area contributed by atoms with Crippen LogP contribution in [-0.2, 0) is 4.74 Å². The number of aromatic nitrogens is 3. The standard InChI is InChI=1S/C16H17ClFN5O2/c17-11-7-20-13(18)5-10(11)12-8-21-14(15(19)24)16(23-12)22-6-9-1-3-25-4-2-9/h5,7-9H,1-4,6H2,(H2,19,24)(H,22,23). The zero-order valence-electron chi connectivity index (χ0n) is 13.3. The van der Waals surface area contributed by atoms with E-state index in [0.29, 0.717) is 36.9 Å². The molecule has 1 aliphatic rings. The number of primary amides is 1. The molecule has 0 radical (unpaired) electrons. The van der Waals surface area contributed by atoms with Crippen LogP contribution in [-0.4, -0.2) is 40.6 Å². The van der Waals surface area contributed by atoms with E-state index in [1.807, 2.05) is 0 Å². The predicted octanol–water partition coefficient (Wildman–Crippen LogP) is 2.27. The lowest BCUT2D eigenvalue weighted by Gasteiger charge is -2.22. The first kappa shape index (κ1) is 17.5. The molecule has 132 valence electrons. The number of ether oxygens (including phenoxy) is 1. The van der Waals surface area contributed by atoms with E-state index in [2.05, 4.69) is 20.3 Å². The van der Waals surface area contributed by atoms with Gasteiger partial charge in [-0.2, -0.15) is 4.39 Å². The molecule has 2 aromatic heterocycles. The summed E-state index contributed by atoms with van der Waals surface area (Å²) in [5.74, 6) is -0.718. The molecule has 3 N–H and O–H groups in total. The van der Waals surface area contributed by atoms with Crippen LogP contribution in [0.2, 0.25) is 5.02 Å². The van der Waals surface area contributed by atoms with Crippen molar-refractivity contribution in [3.05, 3.63) is 35.1 Å². The number of nitrogens with zero attached hydrogens (tertiary/aromatic N) is 3. The number of carbonyl (C=O) groups excluding carboxylic acids is 1. The fourth-order valence-corrected chi connectivity index (χ4v) is 2.82. The van der Waals surface area contributed by atoms with Crippen molar-refractivity contribution in [2.45, 2.75) is 12.8 Å². The van der Waals surface area contributed by atoms with Crippen LogP contribution in [0.3, 0.4) is 0 Å². The maximum Gasteiger partial charge on any atom is 0.271 e. The first-order chi connectivity index (χ1) is 12.0. The molecule has 0 bridgehead atoms. The van der Waals surface area contributed by atoms with Gasteiger partial charge in [0, 0.05) is 37.6 Å². The van der Waals surface area contributed by atoms with Crippen LogP contribution in [0.5, 0.6) is 0 Å². The van der Waals surface area contributed by atoms with Crippen molar-refractivity contribution >= 4 is 23.3 Å². The van der Waals surface area contributed by atoms with Crippen molar-refractivity contribution in [3.63, 3.8) is 0 Å². The highest BCUT2D eigenvalue weighted by molar-refractivity contribution is 6.33. The van der Waals surface area contributed by atoms with Crippen molar-refractivity contribution in [1.82, 2.24) is 15.0 Å². The Morgan fingerprint density at radius 1 is 1.36 bits per heavy atom. The summed E-state index contributed by atoms with van der Waals surface area (Å²) >= 11 is 6.06. The number of halogens is 2. The molecular formula is C16H17ClFN5O2. The lowest BCUT2D eigenvalue weighted by molar-refractivity contribution is 0.0699. The Morgan fingerprint density at radius 2 is 2.12 bits per heavy atom. The van der Waals surface area contributed by atoms with Gasteiger partial charge in [0.1, 0.15) is 0 Å². The molecule has 9 heteroatoms. The van der Waals surface area contributed by atoms with E-state index in [0.717, 1.165) is 12.8 Å². The fraction of sp³-hybridized carbons (Fsp3) is 0.375. The van der Waals surface area contributed by atoms with Gasteiger partial charge >= 0.3 is 0 Å². The molecule has 0 atom stereocenters. The van der Waals surface area contributed by atoms with Gasteiger partial charge in [0.25, 0.3) is 5.91 Å². The highest BCUT2D eigenvalue weighted by Crippen LogP contribution is 2.27. The van der Waals surface area contributed by atoms with Crippen LogP contribution in [0, 0.1) is 11.9 Å². The highest BCUT2D eigenvalue weighted by atomic mass is 35.5. The van der Waals surface area contributed by atoms with E-state index in [-0.39, 0.29) is 16.5 Å². The number of carbonyl (C=O) groups is 1. The van der Waals surface area contributed by atoms with E-state index in [1.54, 1.807) is 0 Å². The minimum Gasteiger partial charge on any atom is -0.381 e. The van der Waals surface area contributed by atoms with Gasteiger partial charge in [-0.15, -0.1) is 0 Å². The number of hydrogen-bond donors (Lipinski definition) is 2. The molecule has 0 aliphatic carbocycles. The molecule has 3 rings (SSSR count). The van der Waals surface area contributed by atoms with E-state index < -0.39 is 11.9 Å². The quantitative estimate of drug-likeness (QED) is 0.788. The summed E-state index contributed by atoms with van der Waals surface area (Å²) in [6, 6.07) is 1.17. The molecule has 1 saturated heterocycles. The molecule has 0 saturated carbocycles. The maximum atomic E-state index is 13.4. The molecule has 7 nitrogen and oxygen atoms in total. The van der Waals surface area contributed by atoms with Gasteiger partial charge in [0.15, 0.2) is 11.5 Å². The lowest BCUT2D eigenvalue weighted by atomic mass is 10.0. The number of rotatable bonds is 5. The first-order valence-electron chi connectivity index (χ1n) is 7.84. The molecule has 25 heavy (non-hydrogen) atoms. The molecule has 1 fully saturated rings. The van der Waals surface area contributed by atoms with Crippen LogP contribution in [0.15, 0.2) is 18.5 Å². The lowest BCUT2D eigenvalue weighted by Crippen LogP contribution is -2.25.